The number of rotatable bonds is 3. The summed E-state index contributed by atoms with van der Waals surface area (Å²) in [7, 11) is -3.94. The van der Waals surface area contributed by atoms with E-state index in [4.69, 9.17) is 5.14 Å². The molecule has 96 valence electrons. The normalized spacial score (nSPS) is 12.5. The van der Waals surface area contributed by atoms with Gasteiger partial charge < -0.3 is 5.32 Å². The molecule has 5 nitrogen and oxygen atoms in total. The van der Waals surface area contributed by atoms with Crippen LogP contribution in [0, 0.1) is 0 Å². The Balaban J connectivity index is 2.75. The number of alkyl halides is 3. The van der Waals surface area contributed by atoms with E-state index < -0.39 is 28.7 Å². The minimum atomic E-state index is -4.52. The summed E-state index contributed by atoms with van der Waals surface area (Å²) in [6, 6.07) is 0.922. The van der Waals surface area contributed by atoms with Crippen LogP contribution in [0.25, 0.3) is 0 Å². The molecule has 17 heavy (non-hydrogen) atoms. The van der Waals surface area contributed by atoms with E-state index in [0.717, 1.165) is 11.4 Å². The number of halogens is 3. The molecule has 0 fully saturated rings. The van der Waals surface area contributed by atoms with Crippen LogP contribution in [0.3, 0.4) is 0 Å². The molecule has 0 aliphatic rings. The Morgan fingerprint density at radius 2 is 2.06 bits per heavy atom. The molecule has 0 aromatic carbocycles. The van der Waals surface area contributed by atoms with Gasteiger partial charge in [-0.25, -0.2) is 13.6 Å². The monoisotopic (exact) mass is 288 g/mol. The number of nitrogens with one attached hydrogen (secondary N) is 1. The van der Waals surface area contributed by atoms with E-state index in [0.29, 0.717) is 11.3 Å². The quantitative estimate of drug-likeness (QED) is 0.857. The van der Waals surface area contributed by atoms with Gasteiger partial charge in [0.1, 0.15) is 10.8 Å². The number of hydrogen-bond donors (Lipinski definition) is 2. The minimum Gasteiger partial charge on any atom is -0.343 e. The highest BCUT2D eigenvalue weighted by Gasteiger charge is 2.28. The van der Waals surface area contributed by atoms with Crippen molar-refractivity contribution in [1.29, 1.82) is 0 Å². The van der Waals surface area contributed by atoms with E-state index in [1.54, 1.807) is 5.32 Å². The van der Waals surface area contributed by atoms with Crippen LogP contribution in [0.2, 0.25) is 0 Å². The Hall–Kier alpha value is -1.13. The first kappa shape index (κ1) is 13.9. The first-order valence-corrected chi connectivity index (χ1v) is 6.48. The average Bonchev–Trinajstić information content (AvgIpc) is 2.60. The van der Waals surface area contributed by atoms with Crippen molar-refractivity contribution >= 4 is 27.3 Å². The lowest BCUT2D eigenvalue weighted by molar-refractivity contribution is -0.123. The van der Waals surface area contributed by atoms with Crippen molar-refractivity contribution in [2.45, 2.75) is 10.4 Å². The summed E-state index contributed by atoms with van der Waals surface area (Å²) >= 11 is 0.663. The van der Waals surface area contributed by atoms with Crippen LogP contribution in [-0.2, 0) is 10.0 Å². The van der Waals surface area contributed by atoms with Crippen molar-refractivity contribution in [3.63, 3.8) is 0 Å². The Morgan fingerprint density at radius 3 is 2.47 bits per heavy atom. The van der Waals surface area contributed by atoms with Gasteiger partial charge in [-0.1, -0.05) is 0 Å². The molecule has 1 amide bonds. The van der Waals surface area contributed by atoms with E-state index in [2.05, 4.69) is 0 Å². The SMILES string of the molecule is NS(=O)(=O)c1cc(C(=O)NCC(F)(F)F)cs1. The van der Waals surface area contributed by atoms with Gasteiger partial charge in [0.15, 0.2) is 0 Å². The van der Waals surface area contributed by atoms with Gasteiger partial charge >= 0.3 is 6.18 Å². The van der Waals surface area contributed by atoms with Crippen LogP contribution in [0.5, 0.6) is 0 Å². The van der Waals surface area contributed by atoms with Crippen LogP contribution in [0.1, 0.15) is 10.4 Å². The van der Waals surface area contributed by atoms with Crippen LogP contribution in [0.15, 0.2) is 15.7 Å². The topological polar surface area (TPSA) is 89.3 Å². The largest absolute Gasteiger partial charge is 0.405 e. The lowest BCUT2D eigenvalue weighted by Crippen LogP contribution is -2.33. The highest BCUT2D eigenvalue weighted by Crippen LogP contribution is 2.19. The number of carbonyl (C=O) groups is 1. The van der Waals surface area contributed by atoms with E-state index in [9.17, 15) is 26.4 Å². The van der Waals surface area contributed by atoms with Gasteiger partial charge in [-0.15, -0.1) is 11.3 Å². The van der Waals surface area contributed by atoms with Gasteiger partial charge in [0.2, 0.25) is 10.0 Å². The maximum atomic E-state index is 11.8. The molecule has 3 N–H and O–H groups in total. The molecular weight excluding hydrogens is 281 g/mol. The van der Waals surface area contributed by atoms with Gasteiger partial charge in [-0.2, -0.15) is 13.2 Å². The standard InChI is InChI=1S/C7H7F3N2O3S2/c8-7(9,10)3-12-6(13)4-1-5(16-2-4)17(11,14)15/h1-2H,3H2,(H,12,13)(H2,11,14,15). The summed E-state index contributed by atoms with van der Waals surface area (Å²) in [5.74, 6) is -1.01. The number of thiophene rings is 1. The number of hydrogen-bond acceptors (Lipinski definition) is 4. The Morgan fingerprint density at radius 1 is 1.47 bits per heavy atom. The second-order valence-electron chi connectivity index (χ2n) is 3.00. The van der Waals surface area contributed by atoms with E-state index in [-0.39, 0.29) is 9.77 Å². The van der Waals surface area contributed by atoms with Gasteiger partial charge in [0.05, 0.1) is 5.56 Å². The zero-order valence-corrected chi connectivity index (χ0v) is 9.75. The summed E-state index contributed by atoms with van der Waals surface area (Å²) in [4.78, 5) is 11.2. The maximum Gasteiger partial charge on any atom is 0.405 e. The lowest BCUT2D eigenvalue weighted by Gasteiger charge is -2.06. The molecule has 1 heterocycles. The Kier molecular flexibility index (Phi) is 3.79. The molecule has 0 saturated heterocycles. The minimum absolute atomic E-state index is 0.178. The second kappa shape index (κ2) is 4.63. The van der Waals surface area contributed by atoms with Crippen LogP contribution < -0.4 is 10.5 Å². The lowest BCUT2D eigenvalue weighted by atomic mass is 10.3. The van der Waals surface area contributed by atoms with Crippen LogP contribution in [0.4, 0.5) is 13.2 Å². The number of carbonyl (C=O) groups excluding carboxylic acids is 1. The van der Waals surface area contributed by atoms with Crippen molar-refractivity contribution in [3.05, 3.63) is 17.0 Å². The van der Waals surface area contributed by atoms with Crippen molar-refractivity contribution < 1.29 is 26.4 Å². The zero-order chi connectivity index (χ0) is 13.3. The van der Waals surface area contributed by atoms with Gasteiger partial charge in [0, 0.05) is 5.38 Å². The van der Waals surface area contributed by atoms with Crippen molar-refractivity contribution in [2.24, 2.45) is 5.14 Å². The predicted molar refractivity (Wildman–Crippen MR) is 54.1 cm³/mol. The third kappa shape index (κ3) is 4.32. The fourth-order valence-electron chi connectivity index (χ4n) is 0.867. The summed E-state index contributed by atoms with van der Waals surface area (Å²) in [6.45, 7) is -1.48. The van der Waals surface area contributed by atoms with Crippen molar-refractivity contribution in [3.8, 4) is 0 Å². The molecule has 0 saturated carbocycles. The smallest absolute Gasteiger partial charge is 0.343 e. The predicted octanol–water partition coefficient (Wildman–Crippen LogP) is 0.688. The molecular formula is C7H7F3N2O3S2. The highest BCUT2D eigenvalue weighted by atomic mass is 32.2. The molecule has 0 radical (unpaired) electrons. The first-order valence-electron chi connectivity index (χ1n) is 4.06. The summed E-state index contributed by atoms with van der Waals surface area (Å²) in [6.07, 6.45) is -4.52. The number of nitrogens with two attached hydrogens (primary N) is 1. The van der Waals surface area contributed by atoms with Gasteiger partial charge in [-0.05, 0) is 6.07 Å². The highest BCUT2D eigenvalue weighted by molar-refractivity contribution is 7.91. The molecule has 0 atom stereocenters. The van der Waals surface area contributed by atoms with Gasteiger partial charge in [0.25, 0.3) is 5.91 Å². The number of sulfonamides is 1. The summed E-state index contributed by atoms with van der Waals surface area (Å²) in [5, 5.41) is 7.51. The second-order valence-corrected chi connectivity index (χ2v) is 5.70. The van der Waals surface area contributed by atoms with Crippen LogP contribution in [-0.4, -0.2) is 27.0 Å². The summed E-state index contributed by atoms with van der Waals surface area (Å²) in [5.41, 5.74) is -0.178. The third-order valence-corrected chi connectivity index (χ3v) is 3.95. The van der Waals surface area contributed by atoms with E-state index in [1.807, 2.05) is 0 Å². The zero-order valence-electron chi connectivity index (χ0n) is 8.11. The van der Waals surface area contributed by atoms with Gasteiger partial charge in [-0.3, -0.25) is 4.79 Å². The molecule has 10 heteroatoms. The van der Waals surface area contributed by atoms with E-state index >= 15 is 0 Å². The first-order chi connectivity index (χ1) is 7.59. The molecule has 1 aromatic rings. The molecule has 0 bridgehead atoms. The third-order valence-electron chi connectivity index (χ3n) is 1.57. The molecule has 0 unspecified atom stereocenters. The molecule has 0 aliphatic heterocycles. The van der Waals surface area contributed by atoms with E-state index in [1.165, 1.54) is 0 Å². The Labute approximate surface area is 98.5 Å². The molecule has 0 spiro atoms. The van der Waals surface area contributed by atoms with Crippen molar-refractivity contribution in [2.75, 3.05) is 6.54 Å². The average molecular weight is 288 g/mol. The number of amides is 1. The van der Waals surface area contributed by atoms with Crippen LogP contribution >= 0.6 is 11.3 Å². The van der Waals surface area contributed by atoms with Crippen molar-refractivity contribution in [1.82, 2.24) is 5.32 Å². The number of primary sulfonamides is 1. The fourth-order valence-corrected chi connectivity index (χ4v) is 2.45. The summed E-state index contributed by atoms with van der Waals surface area (Å²) < 4.78 is 56.8. The molecule has 1 rings (SSSR count). The fraction of sp³-hybridized carbons (Fsp3) is 0.286. The molecule has 0 aliphatic carbocycles. The Bertz CT molecular complexity index is 521. The molecule has 1 aromatic heterocycles. The maximum absolute atomic E-state index is 11.8.